The standard InChI is InChI=1S/C19H25NO3/c1-15(8-6-11-16-9-4-3-5-10-16)18(21)20-14-19(2,22)17-12-7-13-23-17/h3-5,7,9-10,12-13,15,22H,6,8,11,14H2,1-2H3,(H,20,21). The largest absolute Gasteiger partial charge is 0.466 e. The highest BCUT2D eigenvalue weighted by Crippen LogP contribution is 2.20. The third kappa shape index (κ3) is 5.25. The Balaban J connectivity index is 1.72. The minimum Gasteiger partial charge on any atom is -0.466 e. The van der Waals surface area contributed by atoms with E-state index < -0.39 is 5.60 Å². The number of amides is 1. The summed E-state index contributed by atoms with van der Waals surface area (Å²) in [5.41, 5.74) is 0.101. The van der Waals surface area contributed by atoms with Crippen LogP contribution in [-0.4, -0.2) is 17.6 Å². The number of aliphatic hydroxyl groups is 1. The number of benzene rings is 1. The van der Waals surface area contributed by atoms with Crippen LogP contribution >= 0.6 is 0 Å². The Kier molecular flexibility index (Phi) is 5.99. The highest BCUT2D eigenvalue weighted by molar-refractivity contribution is 5.78. The summed E-state index contributed by atoms with van der Waals surface area (Å²) in [7, 11) is 0. The molecule has 4 nitrogen and oxygen atoms in total. The van der Waals surface area contributed by atoms with Crippen LogP contribution in [0.2, 0.25) is 0 Å². The van der Waals surface area contributed by atoms with E-state index >= 15 is 0 Å². The molecule has 2 atom stereocenters. The van der Waals surface area contributed by atoms with Gasteiger partial charge in [-0.05, 0) is 43.9 Å². The molecule has 124 valence electrons. The van der Waals surface area contributed by atoms with Gasteiger partial charge >= 0.3 is 0 Å². The van der Waals surface area contributed by atoms with Crippen molar-refractivity contribution in [2.75, 3.05) is 6.54 Å². The van der Waals surface area contributed by atoms with Gasteiger partial charge < -0.3 is 14.8 Å². The van der Waals surface area contributed by atoms with Gasteiger partial charge in [0.15, 0.2) is 0 Å². The fraction of sp³-hybridized carbons (Fsp3) is 0.421. The normalized spacial score (nSPS) is 14.9. The lowest BCUT2D eigenvalue weighted by Crippen LogP contribution is -2.40. The molecule has 2 N–H and O–H groups in total. The molecule has 4 heteroatoms. The average molecular weight is 315 g/mol. The van der Waals surface area contributed by atoms with Crippen molar-refractivity contribution in [3.8, 4) is 0 Å². The van der Waals surface area contributed by atoms with Crippen molar-refractivity contribution in [2.24, 2.45) is 5.92 Å². The van der Waals surface area contributed by atoms with E-state index in [-0.39, 0.29) is 18.4 Å². The summed E-state index contributed by atoms with van der Waals surface area (Å²) < 4.78 is 5.20. The Bertz CT molecular complexity index is 590. The van der Waals surface area contributed by atoms with Gasteiger partial charge in [0.25, 0.3) is 0 Å². The number of furan rings is 1. The molecule has 0 aliphatic carbocycles. The lowest BCUT2D eigenvalue weighted by atomic mass is 9.99. The summed E-state index contributed by atoms with van der Waals surface area (Å²) in [6.45, 7) is 3.69. The maximum absolute atomic E-state index is 12.1. The SMILES string of the molecule is CC(CCCc1ccccc1)C(=O)NCC(C)(O)c1ccco1. The zero-order valence-corrected chi connectivity index (χ0v) is 13.8. The van der Waals surface area contributed by atoms with Gasteiger partial charge in [-0.1, -0.05) is 37.3 Å². The molecule has 1 aromatic carbocycles. The van der Waals surface area contributed by atoms with Gasteiger partial charge in [0.2, 0.25) is 5.91 Å². The average Bonchev–Trinajstić information content (AvgIpc) is 3.09. The zero-order valence-electron chi connectivity index (χ0n) is 13.8. The van der Waals surface area contributed by atoms with Gasteiger partial charge in [-0.2, -0.15) is 0 Å². The van der Waals surface area contributed by atoms with Crippen LogP contribution in [0.5, 0.6) is 0 Å². The van der Waals surface area contributed by atoms with Gasteiger partial charge in [-0.15, -0.1) is 0 Å². The minimum absolute atomic E-state index is 0.0371. The molecule has 1 amide bonds. The van der Waals surface area contributed by atoms with Gasteiger partial charge in [-0.25, -0.2) is 0 Å². The van der Waals surface area contributed by atoms with Crippen LogP contribution in [0.3, 0.4) is 0 Å². The molecule has 2 rings (SSSR count). The molecule has 2 aromatic rings. The van der Waals surface area contributed by atoms with Crippen LogP contribution in [0.4, 0.5) is 0 Å². The fourth-order valence-corrected chi connectivity index (χ4v) is 2.49. The molecule has 0 aliphatic rings. The number of carbonyl (C=O) groups is 1. The van der Waals surface area contributed by atoms with Crippen LogP contribution < -0.4 is 5.32 Å². The molecule has 1 aromatic heterocycles. The predicted molar refractivity (Wildman–Crippen MR) is 89.8 cm³/mol. The quantitative estimate of drug-likeness (QED) is 0.786. The second-order valence-corrected chi connectivity index (χ2v) is 6.25. The van der Waals surface area contributed by atoms with Crippen LogP contribution in [0.1, 0.15) is 38.0 Å². The van der Waals surface area contributed by atoms with Gasteiger partial charge in [-0.3, -0.25) is 4.79 Å². The highest BCUT2D eigenvalue weighted by atomic mass is 16.4. The molecule has 2 unspecified atom stereocenters. The van der Waals surface area contributed by atoms with Crippen molar-refractivity contribution < 1.29 is 14.3 Å². The molecule has 23 heavy (non-hydrogen) atoms. The first-order valence-electron chi connectivity index (χ1n) is 8.07. The second kappa shape index (κ2) is 7.97. The molecule has 0 bridgehead atoms. The summed E-state index contributed by atoms with van der Waals surface area (Å²) in [5.74, 6) is 0.338. The van der Waals surface area contributed by atoms with Gasteiger partial charge in [0.05, 0.1) is 12.8 Å². The Labute approximate surface area is 137 Å². The Morgan fingerprint density at radius 2 is 2.00 bits per heavy atom. The second-order valence-electron chi connectivity index (χ2n) is 6.25. The van der Waals surface area contributed by atoms with Gasteiger partial charge in [0, 0.05) is 5.92 Å². The number of carbonyl (C=O) groups excluding carboxylic acids is 1. The maximum atomic E-state index is 12.1. The zero-order chi connectivity index (χ0) is 16.7. The number of hydrogen-bond acceptors (Lipinski definition) is 3. The van der Waals surface area contributed by atoms with Crippen molar-refractivity contribution in [3.05, 3.63) is 60.1 Å². The van der Waals surface area contributed by atoms with E-state index in [0.717, 1.165) is 19.3 Å². The van der Waals surface area contributed by atoms with Crippen LogP contribution in [0.25, 0.3) is 0 Å². The molecule has 0 saturated carbocycles. The number of nitrogens with one attached hydrogen (secondary N) is 1. The summed E-state index contributed by atoms with van der Waals surface area (Å²) >= 11 is 0. The molecule has 0 spiro atoms. The summed E-state index contributed by atoms with van der Waals surface area (Å²) in [4.78, 5) is 12.1. The number of hydrogen-bond donors (Lipinski definition) is 2. The topological polar surface area (TPSA) is 62.5 Å². The molecule has 0 fully saturated rings. The number of aryl methyl sites for hydroxylation is 1. The van der Waals surface area contributed by atoms with Crippen molar-refractivity contribution in [2.45, 2.75) is 38.7 Å². The molecule has 0 radical (unpaired) electrons. The monoisotopic (exact) mass is 315 g/mol. The Morgan fingerprint density at radius 1 is 1.26 bits per heavy atom. The summed E-state index contributed by atoms with van der Waals surface area (Å²) in [6.07, 6.45) is 4.28. The third-order valence-electron chi connectivity index (χ3n) is 4.05. The van der Waals surface area contributed by atoms with Crippen LogP contribution in [-0.2, 0) is 16.8 Å². The summed E-state index contributed by atoms with van der Waals surface area (Å²) in [6, 6.07) is 13.7. The first kappa shape index (κ1) is 17.3. The van der Waals surface area contributed by atoms with Crippen LogP contribution in [0.15, 0.2) is 53.1 Å². The minimum atomic E-state index is -1.19. The molecule has 1 heterocycles. The van der Waals surface area contributed by atoms with E-state index in [1.54, 1.807) is 19.1 Å². The van der Waals surface area contributed by atoms with E-state index in [9.17, 15) is 9.90 Å². The van der Waals surface area contributed by atoms with E-state index in [1.165, 1.54) is 11.8 Å². The third-order valence-corrected chi connectivity index (χ3v) is 4.05. The maximum Gasteiger partial charge on any atom is 0.222 e. The van der Waals surface area contributed by atoms with E-state index in [1.807, 2.05) is 25.1 Å². The first-order valence-corrected chi connectivity index (χ1v) is 8.07. The van der Waals surface area contributed by atoms with Crippen molar-refractivity contribution in [1.29, 1.82) is 0 Å². The van der Waals surface area contributed by atoms with Crippen molar-refractivity contribution in [1.82, 2.24) is 5.32 Å². The van der Waals surface area contributed by atoms with Crippen molar-refractivity contribution in [3.63, 3.8) is 0 Å². The van der Waals surface area contributed by atoms with E-state index in [4.69, 9.17) is 4.42 Å². The molecule has 0 saturated heterocycles. The molecule has 0 aliphatic heterocycles. The van der Waals surface area contributed by atoms with Crippen molar-refractivity contribution >= 4 is 5.91 Å². The van der Waals surface area contributed by atoms with E-state index in [2.05, 4.69) is 17.4 Å². The molecular weight excluding hydrogens is 290 g/mol. The predicted octanol–water partition coefficient (Wildman–Crippen LogP) is 3.26. The fourth-order valence-electron chi connectivity index (χ4n) is 2.49. The lowest BCUT2D eigenvalue weighted by molar-refractivity contribution is -0.126. The molecular formula is C19H25NO3. The lowest BCUT2D eigenvalue weighted by Gasteiger charge is -2.22. The highest BCUT2D eigenvalue weighted by Gasteiger charge is 2.27. The van der Waals surface area contributed by atoms with E-state index in [0.29, 0.717) is 5.76 Å². The summed E-state index contributed by atoms with van der Waals surface area (Å²) in [5, 5.41) is 13.1. The first-order chi connectivity index (χ1) is 11.0. The number of rotatable bonds is 8. The smallest absolute Gasteiger partial charge is 0.222 e. The van der Waals surface area contributed by atoms with Crippen LogP contribution in [0, 0.1) is 5.92 Å². The Hall–Kier alpha value is -2.07. The Morgan fingerprint density at radius 3 is 2.65 bits per heavy atom. The van der Waals surface area contributed by atoms with Gasteiger partial charge in [0.1, 0.15) is 11.4 Å².